The van der Waals surface area contributed by atoms with Crippen molar-refractivity contribution in [2.45, 2.75) is 13.8 Å². The lowest BCUT2D eigenvalue weighted by Crippen LogP contribution is -1.90. The maximum atomic E-state index is 10.3. The molecule has 4 nitrogen and oxygen atoms in total. The van der Waals surface area contributed by atoms with Gasteiger partial charge in [0.2, 0.25) is 5.89 Å². The number of halogens is 2. The third-order valence-corrected chi connectivity index (χ3v) is 5.80. The fraction of sp³-hybridized carbons (Fsp3) is 0.0909. The molecule has 0 fully saturated rings. The zero-order valence-electron chi connectivity index (χ0n) is 15.2. The second-order valence-electron chi connectivity index (χ2n) is 6.51. The molecule has 0 aliphatic heterocycles. The molecule has 6 heteroatoms. The summed E-state index contributed by atoms with van der Waals surface area (Å²) in [7, 11) is 0. The van der Waals surface area contributed by atoms with E-state index >= 15 is 0 Å². The van der Waals surface area contributed by atoms with E-state index in [9.17, 15) is 5.11 Å². The average Bonchev–Trinajstić information content (AvgIpc) is 3.11. The van der Waals surface area contributed by atoms with Gasteiger partial charge in [0, 0.05) is 22.4 Å². The first-order valence-electron chi connectivity index (χ1n) is 8.61. The number of aromatic nitrogens is 1. The Hall–Kier alpha value is -2.63. The first-order valence-corrected chi connectivity index (χ1v) is 9.79. The molecule has 4 aromatic rings. The molecule has 4 rings (SSSR count). The Morgan fingerprint density at radius 1 is 1.11 bits per heavy atom. The number of phenolic OH excluding ortho intramolecular Hbond substituents is 1. The van der Waals surface area contributed by atoms with Crippen molar-refractivity contribution >= 4 is 50.5 Å². The molecule has 0 unspecified atom stereocenters. The molecule has 0 saturated heterocycles. The van der Waals surface area contributed by atoms with Crippen LogP contribution >= 0.6 is 27.5 Å². The molecule has 3 aromatic carbocycles. The summed E-state index contributed by atoms with van der Waals surface area (Å²) in [5.74, 6) is 0.720. The molecular formula is C22H16BrClN2O2. The highest BCUT2D eigenvalue weighted by Gasteiger charge is 2.10. The van der Waals surface area contributed by atoms with Crippen LogP contribution in [-0.2, 0) is 0 Å². The van der Waals surface area contributed by atoms with Gasteiger partial charge in [0.05, 0.1) is 10.2 Å². The number of hydrogen-bond donors (Lipinski definition) is 1. The number of oxazole rings is 1. The average molecular weight is 456 g/mol. The van der Waals surface area contributed by atoms with E-state index in [1.54, 1.807) is 24.4 Å². The minimum absolute atomic E-state index is 0.189. The van der Waals surface area contributed by atoms with Crippen LogP contribution in [0.2, 0.25) is 5.02 Å². The second kappa shape index (κ2) is 7.41. The van der Waals surface area contributed by atoms with Gasteiger partial charge in [-0.2, -0.15) is 0 Å². The van der Waals surface area contributed by atoms with E-state index < -0.39 is 0 Å². The van der Waals surface area contributed by atoms with Gasteiger partial charge in [-0.3, -0.25) is 4.99 Å². The Bertz CT molecular complexity index is 1210. The molecule has 28 heavy (non-hydrogen) atoms. The van der Waals surface area contributed by atoms with Gasteiger partial charge >= 0.3 is 0 Å². The van der Waals surface area contributed by atoms with Gasteiger partial charge in [-0.05, 0) is 89.4 Å². The summed E-state index contributed by atoms with van der Waals surface area (Å²) in [5.41, 5.74) is 5.78. The van der Waals surface area contributed by atoms with Crippen molar-refractivity contribution in [3.05, 3.63) is 74.7 Å². The van der Waals surface area contributed by atoms with Gasteiger partial charge in [0.15, 0.2) is 5.58 Å². The first-order chi connectivity index (χ1) is 13.4. The van der Waals surface area contributed by atoms with Crippen LogP contribution in [0.25, 0.3) is 22.6 Å². The number of phenols is 1. The van der Waals surface area contributed by atoms with Crippen LogP contribution in [0.4, 0.5) is 5.69 Å². The minimum atomic E-state index is 0.189. The monoisotopic (exact) mass is 454 g/mol. The summed E-state index contributed by atoms with van der Waals surface area (Å²) in [5, 5.41) is 10.9. The van der Waals surface area contributed by atoms with Gasteiger partial charge in [0.1, 0.15) is 11.3 Å². The number of aryl methyl sites for hydroxylation is 1. The van der Waals surface area contributed by atoms with Gasteiger partial charge in [0.25, 0.3) is 0 Å². The lowest BCUT2D eigenvalue weighted by Gasteiger charge is -2.08. The Morgan fingerprint density at radius 3 is 2.61 bits per heavy atom. The van der Waals surface area contributed by atoms with Gasteiger partial charge < -0.3 is 9.52 Å². The Labute approximate surface area is 175 Å². The SMILES string of the molecule is Cc1cc(C=Nc2ccc(-c3nc4cc(Cl)ccc4o3)cc2)c(O)c(Br)c1C. The summed E-state index contributed by atoms with van der Waals surface area (Å²) >= 11 is 9.42. The molecule has 140 valence electrons. The molecule has 0 radical (unpaired) electrons. The van der Waals surface area contributed by atoms with Crippen molar-refractivity contribution in [3.8, 4) is 17.2 Å². The highest BCUT2D eigenvalue weighted by atomic mass is 79.9. The lowest BCUT2D eigenvalue weighted by atomic mass is 10.1. The van der Waals surface area contributed by atoms with Crippen molar-refractivity contribution in [1.29, 1.82) is 0 Å². The number of aromatic hydroxyl groups is 1. The van der Waals surface area contributed by atoms with Crippen LogP contribution in [0.1, 0.15) is 16.7 Å². The summed E-state index contributed by atoms with van der Waals surface area (Å²) in [6.07, 6.45) is 1.66. The Kier molecular flexibility index (Phi) is 4.96. The summed E-state index contributed by atoms with van der Waals surface area (Å²) in [6, 6.07) is 14.8. The molecule has 1 heterocycles. The van der Waals surface area contributed by atoms with E-state index in [2.05, 4.69) is 25.9 Å². The number of hydrogen-bond acceptors (Lipinski definition) is 4. The number of nitrogens with zero attached hydrogens (tertiary/aromatic N) is 2. The quantitative estimate of drug-likeness (QED) is 0.339. The van der Waals surface area contributed by atoms with Crippen molar-refractivity contribution < 1.29 is 9.52 Å². The molecule has 1 aromatic heterocycles. The van der Waals surface area contributed by atoms with Crippen LogP contribution in [0.3, 0.4) is 0 Å². The maximum absolute atomic E-state index is 10.3. The van der Waals surface area contributed by atoms with Crippen LogP contribution in [0.15, 0.2) is 62.4 Å². The maximum Gasteiger partial charge on any atom is 0.227 e. The predicted octanol–water partition coefficient (Wildman–Crippen LogP) is 6.98. The molecule has 0 amide bonds. The lowest BCUT2D eigenvalue weighted by molar-refractivity contribution is 0.470. The fourth-order valence-corrected chi connectivity index (χ4v) is 3.55. The summed E-state index contributed by atoms with van der Waals surface area (Å²) in [6.45, 7) is 3.96. The zero-order chi connectivity index (χ0) is 19.8. The smallest absolute Gasteiger partial charge is 0.227 e. The van der Waals surface area contributed by atoms with E-state index in [1.165, 1.54) is 0 Å². The molecule has 0 saturated carbocycles. The predicted molar refractivity (Wildman–Crippen MR) is 117 cm³/mol. The molecule has 0 aliphatic carbocycles. The summed E-state index contributed by atoms with van der Waals surface area (Å²) < 4.78 is 6.48. The van der Waals surface area contributed by atoms with E-state index in [4.69, 9.17) is 16.0 Å². The van der Waals surface area contributed by atoms with E-state index in [-0.39, 0.29) is 5.75 Å². The van der Waals surface area contributed by atoms with Crippen molar-refractivity contribution in [2.24, 2.45) is 4.99 Å². The molecular weight excluding hydrogens is 440 g/mol. The van der Waals surface area contributed by atoms with E-state index in [0.29, 0.717) is 26.5 Å². The third-order valence-electron chi connectivity index (χ3n) is 4.59. The number of fused-ring (bicyclic) bond motifs is 1. The molecule has 0 aliphatic rings. The largest absolute Gasteiger partial charge is 0.506 e. The number of benzene rings is 3. The molecule has 0 bridgehead atoms. The van der Waals surface area contributed by atoms with Crippen LogP contribution in [-0.4, -0.2) is 16.3 Å². The van der Waals surface area contributed by atoms with E-state index in [1.807, 2.05) is 44.2 Å². The Morgan fingerprint density at radius 2 is 1.86 bits per heavy atom. The van der Waals surface area contributed by atoms with Gasteiger partial charge in [-0.1, -0.05) is 11.6 Å². The van der Waals surface area contributed by atoms with Gasteiger partial charge in [-0.25, -0.2) is 4.98 Å². The van der Waals surface area contributed by atoms with Crippen molar-refractivity contribution in [3.63, 3.8) is 0 Å². The highest BCUT2D eigenvalue weighted by molar-refractivity contribution is 9.10. The second-order valence-corrected chi connectivity index (χ2v) is 7.74. The van der Waals surface area contributed by atoms with Crippen LogP contribution in [0, 0.1) is 13.8 Å². The van der Waals surface area contributed by atoms with Crippen molar-refractivity contribution in [2.75, 3.05) is 0 Å². The fourth-order valence-electron chi connectivity index (χ4n) is 2.84. The van der Waals surface area contributed by atoms with Crippen molar-refractivity contribution in [1.82, 2.24) is 4.98 Å². The number of rotatable bonds is 3. The van der Waals surface area contributed by atoms with Crippen LogP contribution < -0.4 is 0 Å². The third kappa shape index (κ3) is 3.55. The standard InChI is InChI=1S/C22H16BrClN2O2/c1-12-9-15(21(27)20(23)13(12)2)11-25-17-6-3-14(4-7-17)22-26-18-10-16(24)5-8-19(18)28-22/h3-11,27H,1-2H3. The normalized spacial score (nSPS) is 11.6. The molecule has 0 spiro atoms. The number of aliphatic imine (C=N–C) groups is 1. The van der Waals surface area contributed by atoms with Crippen LogP contribution in [0.5, 0.6) is 5.75 Å². The molecule has 0 atom stereocenters. The zero-order valence-corrected chi connectivity index (χ0v) is 17.5. The highest BCUT2D eigenvalue weighted by Crippen LogP contribution is 2.33. The van der Waals surface area contributed by atoms with E-state index in [0.717, 1.165) is 27.9 Å². The van der Waals surface area contributed by atoms with Gasteiger partial charge in [-0.15, -0.1) is 0 Å². The minimum Gasteiger partial charge on any atom is -0.506 e. The molecule has 1 N–H and O–H groups in total. The first kappa shape index (κ1) is 18.7. The summed E-state index contributed by atoms with van der Waals surface area (Å²) in [4.78, 5) is 8.94. The Balaban J connectivity index is 1.60. The topological polar surface area (TPSA) is 58.6 Å².